The molecule has 1 fully saturated rings. The number of hydrogen-bond acceptors (Lipinski definition) is 2. The van der Waals surface area contributed by atoms with Crippen molar-refractivity contribution in [2.24, 2.45) is 0 Å². The Balaban J connectivity index is 2.53. The fourth-order valence-electron chi connectivity index (χ4n) is 1.32. The van der Waals surface area contributed by atoms with Gasteiger partial charge >= 0.3 is 72.1 Å². The molecule has 0 aromatic carbocycles. The van der Waals surface area contributed by atoms with Crippen LogP contribution in [-0.4, -0.2) is 25.4 Å². The van der Waals surface area contributed by atoms with E-state index in [1.165, 1.54) is 0 Å². The third-order valence-electron chi connectivity index (χ3n) is 1.91. The number of hydrogen-bond donors (Lipinski definition) is 0. The van der Waals surface area contributed by atoms with Gasteiger partial charge in [0, 0.05) is 0 Å². The molecule has 0 aromatic heterocycles. The zero-order chi connectivity index (χ0) is 8.16. The van der Waals surface area contributed by atoms with Crippen molar-refractivity contribution in [3.8, 4) is 0 Å². The molecular weight excluding hydrogens is 247 g/mol. The molecule has 1 aliphatic heterocycles. The maximum atomic E-state index is 5.39. The summed E-state index contributed by atoms with van der Waals surface area (Å²) < 4.78 is 8.62. The summed E-state index contributed by atoms with van der Waals surface area (Å²) in [6.07, 6.45) is 3.91. The molecule has 2 nitrogen and oxygen atoms in total. The second kappa shape index (κ2) is 4.28. The zero-order valence-electron chi connectivity index (χ0n) is 6.71. The van der Waals surface area contributed by atoms with Gasteiger partial charge in [-0.2, -0.15) is 0 Å². The van der Waals surface area contributed by atoms with Gasteiger partial charge in [0.15, 0.2) is 0 Å². The molecular formula is C8H14O2Sn. The van der Waals surface area contributed by atoms with Crippen molar-refractivity contribution in [3.05, 3.63) is 25.3 Å². The van der Waals surface area contributed by atoms with E-state index in [-0.39, 0.29) is 0 Å². The van der Waals surface area contributed by atoms with Gasteiger partial charge < -0.3 is 0 Å². The van der Waals surface area contributed by atoms with Gasteiger partial charge in [-0.15, -0.1) is 0 Å². The van der Waals surface area contributed by atoms with Gasteiger partial charge in [0.2, 0.25) is 0 Å². The first-order chi connectivity index (χ1) is 5.33. The van der Waals surface area contributed by atoms with Crippen LogP contribution in [-0.2, 0) is 8.11 Å². The van der Waals surface area contributed by atoms with E-state index in [1.54, 1.807) is 0 Å². The summed E-state index contributed by atoms with van der Waals surface area (Å²) in [6, 6.07) is 0. The molecule has 0 spiro atoms. The minimum absolute atomic E-state index is 0.776. The van der Waals surface area contributed by atoms with Gasteiger partial charge in [0.25, 0.3) is 0 Å². The average molecular weight is 261 g/mol. The third-order valence-corrected chi connectivity index (χ3v) is 12.3. The van der Waals surface area contributed by atoms with E-state index in [2.05, 4.69) is 13.2 Å². The van der Waals surface area contributed by atoms with E-state index in [0.717, 1.165) is 19.9 Å². The average Bonchev–Trinajstić information content (AvgIpc) is 2.39. The van der Waals surface area contributed by atoms with Crippen LogP contribution in [0.5, 0.6) is 0 Å². The fourth-order valence-corrected chi connectivity index (χ4v) is 8.84. The Bertz CT molecular complexity index is 138. The van der Waals surface area contributed by atoms with Crippen LogP contribution in [0, 0.1) is 0 Å². The fraction of sp³-hybridized carbons (Fsp3) is 0.500. The molecule has 62 valence electrons. The molecule has 0 bridgehead atoms. The standard InChI is InChI=1S/2C3H5.C2H5O2.Sn/c2*1-3-2;1-2-4-3;/h2*3H,1-2H2;3H,1-2H2;/q;;;+1/p-1. The van der Waals surface area contributed by atoms with E-state index in [9.17, 15) is 0 Å². The van der Waals surface area contributed by atoms with E-state index < -0.39 is 18.8 Å². The van der Waals surface area contributed by atoms with Gasteiger partial charge in [-0.25, -0.2) is 0 Å². The summed E-state index contributed by atoms with van der Waals surface area (Å²) >= 11 is -2.32. The first-order valence-electron chi connectivity index (χ1n) is 3.85. The van der Waals surface area contributed by atoms with Crippen LogP contribution in [0.2, 0.25) is 13.3 Å². The van der Waals surface area contributed by atoms with E-state index in [4.69, 9.17) is 8.11 Å². The summed E-state index contributed by atoms with van der Waals surface area (Å²) in [4.78, 5) is 4.96. The first-order valence-corrected chi connectivity index (χ1v) is 11.1. The Labute approximate surface area is 72.2 Å². The van der Waals surface area contributed by atoms with Crippen molar-refractivity contribution in [3.63, 3.8) is 0 Å². The van der Waals surface area contributed by atoms with Crippen molar-refractivity contribution in [1.29, 1.82) is 0 Å². The van der Waals surface area contributed by atoms with Crippen LogP contribution < -0.4 is 0 Å². The molecule has 0 saturated carbocycles. The molecule has 11 heavy (non-hydrogen) atoms. The van der Waals surface area contributed by atoms with Crippen LogP contribution in [0.3, 0.4) is 0 Å². The number of allylic oxidation sites excluding steroid dienone is 2. The molecule has 1 aliphatic rings. The zero-order valence-corrected chi connectivity index (χ0v) is 9.57. The number of rotatable bonds is 4. The maximum absolute atomic E-state index is 5.39. The van der Waals surface area contributed by atoms with Gasteiger partial charge in [-0.1, -0.05) is 0 Å². The topological polar surface area (TPSA) is 18.5 Å². The van der Waals surface area contributed by atoms with Crippen LogP contribution in [0.1, 0.15) is 0 Å². The summed E-state index contributed by atoms with van der Waals surface area (Å²) in [5.74, 6) is 0. The predicted molar refractivity (Wildman–Crippen MR) is 47.6 cm³/mol. The van der Waals surface area contributed by atoms with E-state index in [1.807, 2.05) is 12.2 Å². The van der Waals surface area contributed by atoms with E-state index >= 15 is 0 Å². The SMILES string of the molecule is C=C[CH2][Sn]1([CH2]C=C)[CH2]CO[O]1. The summed E-state index contributed by atoms with van der Waals surface area (Å²) in [5.41, 5.74) is 0. The molecule has 0 unspecified atom stereocenters. The molecule has 0 radical (unpaired) electrons. The predicted octanol–water partition coefficient (Wildman–Crippen LogP) is 2.27. The molecule has 1 heterocycles. The summed E-state index contributed by atoms with van der Waals surface area (Å²) in [7, 11) is 0. The molecule has 0 aliphatic carbocycles. The van der Waals surface area contributed by atoms with Crippen LogP contribution in [0.4, 0.5) is 0 Å². The quantitative estimate of drug-likeness (QED) is 0.439. The summed E-state index contributed by atoms with van der Waals surface area (Å²) in [6.45, 7) is 8.24. The van der Waals surface area contributed by atoms with Crippen LogP contribution in [0.15, 0.2) is 25.3 Å². The van der Waals surface area contributed by atoms with Gasteiger partial charge in [-0.05, 0) is 0 Å². The van der Waals surface area contributed by atoms with Gasteiger partial charge in [0.05, 0.1) is 0 Å². The van der Waals surface area contributed by atoms with Crippen molar-refractivity contribution < 1.29 is 8.11 Å². The Morgan fingerprint density at radius 3 is 2.27 bits per heavy atom. The monoisotopic (exact) mass is 262 g/mol. The van der Waals surface area contributed by atoms with Crippen LogP contribution in [0.25, 0.3) is 0 Å². The van der Waals surface area contributed by atoms with Crippen molar-refractivity contribution in [2.75, 3.05) is 6.61 Å². The minimum atomic E-state index is -2.32. The van der Waals surface area contributed by atoms with Crippen molar-refractivity contribution in [2.45, 2.75) is 13.3 Å². The summed E-state index contributed by atoms with van der Waals surface area (Å²) in [5, 5.41) is 0. The Morgan fingerprint density at radius 2 is 1.91 bits per heavy atom. The normalized spacial score (nSPS) is 21.5. The van der Waals surface area contributed by atoms with Crippen LogP contribution >= 0.6 is 0 Å². The molecule has 3 heteroatoms. The second-order valence-electron chi connectivity index (χ2n) is 2.82. The molecule has 0 amide bonds. The first kappa shape index (κ1) is 9.29. The molecule has 0 aromatic rings. The molecule has 0 atom stereocenters. The third kappa shape index (κ3) is 2.32. The second-order valence-corrected chi connectivity index (χ2v) is 13.8. The molecule has 0 N–H and O–H groups in total. The van der Waals surface area contributed by atoms with E-state index in [0.29, 0.717) is 0 Å². The van der Waals surface area contributed by atoms with Crippen molar-refractivity contribution in [1.82, 2.24) is 0 Å². The Kier molecular flexibility index (Phi) is 3.61. The van der Waals surface area contributed by atoms with Gasteiger partial charge in [0.1, 0.15) is 0 Å². The Hall–Kier alpha value is 0.199. The molecule has 1 rings (SSSR count). The van der Waals surface area contributed by atoms with Crippen molar-refractivity contribution >= 4 is 18.8 Å². The van der Waals surface area contributed by atoms with Gasteiger partial charge in [-0.3, -0.25) is 0 Å². The Morgan fingerprint density at radius 1 is 1.27 bits per heavy atom. The molecule has 1 saturated heterocycles.